The fraction of sp³-hybridized carbons (Fsp3) is 0.935. The van der Waals surface area contributed by atoms with Gasteiger partial charge in [-0.3, -0.25) is 9.59 Å². The zero-order valence-electron chi connectivity index (χ0n) is 23.9. The van der Waals surface area contributed by atoms with Gasteiger partial charge < -0.3 is 14.6 Å². The zero-order valence-corrected chi connectivity index (χ0v) is 23.9. The van der Waals surface area contributed by atoms with Gasteiger partial charge >= 0.3 is 5.97 Å². The summed E-state index contributed by atoms with van der Waals surface area (Å²) >= 11 is 0. The maximum absolute atomic E-state index is 12.6. The fourth-order valence-corrected chi connectivity index (χ4v) is 5.66. The van der Waals surface area contributed by atoms with Crippen LogP contribution in [-0.2, 0) is 19.1 Å². The lowest BCUT2D eigenvalue weighted by molar-refractivity contribution is -0.143. The van der Waals surface area contributed by atoms with Crippen LogP contribution < -0.4 is 0 Å². The van der Waals surface area contributed by atoms with Gasteiger partial charge in [0.1, 0.15) is 5.78 Å². The molecular weight excluding hydrogens is 452 g/mol. The van der Waals surface area contributed by atoms with Gasteiger partial charge in [-0.05, 0) is 44.4 Å². The Balaban J connectivity index is 2.12. The Morgan fingerprint density at radius 2 is 1.44 bits per heavy atom. The van der Waals surface area contributed by atoms with Gasteiger partial charge in [-0.1, -0.05) is 97.3 Å². The Bertz CT molecular complexity index is 549. The number of unbranched alkanes of at least 4 members (excludes halogenated alkanes) is 12. The van der Waals surface area contributed by atoms with Crippen molar-refractivity contribution in [2.75, 3.05) is 13.7 Å². The highest BCUT2D eigenvalue weighted by Crippen LogP contribution is 2.38. The molecular formula is C31H58O5. The summed E-state index contributed by atoms with van der Waals surface area (Å²) in [7, 11) is 1.71. The molecule has 0 aromatic carbocycles. The van der Waals surface area contributed by atoms with E-state index < -0.39 is 0 Å². The highest BCUT2D eigenvalue weighted by atomic mass is 16.5. The number of carbonyl (C=O) groups excluding carboxylic acids is 2. The number of methoxy groups -OCH3 is 1. The van der Waals surface area contributed by atoms with Crippen molar-refractivity contribution in [3.8, 4) is 0 Å². The molecule has 1 aliphatic rings. The van der Waals surface area contributed by atoms with Crippen molar-refractivity contribution in [2.45, 2.75) is 161 Å². The van der Waals surface area contributed by atoms with Crippen LogP contribution in [0, 0.1) is 11.8 Å². The maximum atomic E-state index is 12.6. The Labute approximate surface area is 222 Å². The van der Waals surface area contributed by atoms with Crippen LogP contribution in [0.1, 0.15) is 149 Å². The summed E-state index contributed by atoms with van der Waals surface area (Å²) in [5.74, 6) is 0.560. The molecule has 1 saturated carbocycles. The van der Waals surface area contributed by atoms with Crippen LogP contribution in [0.15, 0.2) is 0 Å². The van der Waals surface area contributed by atoms with Crippen molar-refractivity contribution in [3.05, 3.63) is 0 Å². The van der Waals surface area contributed by atoms with E-state index in [-0.39, 0.29) is 30.0 Å². The molecule has 0 saturated heterocycles. The number of rotatable bonds is 24. The summed E-state index contributed by atoms with van der Waals surface area (Å²) in [4.78, 5) is 24.6. The monoisotopic (exact) mass is 510 g/mol. The zero-order chi connectivity index (χ0) is 26.4. The molecule has 4 atom stereocenters. The summed E-state index contributed by atoms with van der Waals surface area (Å²) in [6.07, 6.45) is 21.5. The van der Waals surface area contributed by atoms with Gasteiger partial charge in [-0.25, -0.2) is 0 Å². The predicted molar refractivity (Wildman–Crippen MR) is 148 cm³/mol. The maximum Gasteiger partial charge on any atom is 0.305 e. The first-order valence-electron chi connectivity index (χ1n) is 15.4. The summed E-state index contributed by atoms with van der Waals surface area (Å²) < 4.78 is 11.0. The number of ether oxygens (including phenoxy) is 2. The van der Waals surface area contributed by atoms with Gasteiger partial charge in [0.15, 0.2) is 0 Å². The minimum Gasteiger partial charge on any atom is -0.466 e. The first kappa shape index (κ1) is 33.1. The second-order valence-electron chi connectivity index (χ2n) is 11.1. The van der Waals surface area contributed by atoms with E-state index >= 15 is 0 Å². The van der Waals surface area contributed by atoms with E-state index in [9.17, 15) is 14.7 Å². The lowest BCUT2D eigenvalue weighted by Crippen LogP contribution is -2.24. The molecule has 0 amide bonds. The fourth-order valence-electron chi connectivity index (χ4n) is 5.66. The Morgan fingerprint density at radius 1 is 0.833 bits per heavy atom. The van der Waals surface area contributed by atoms with E-state index in [4.69, 9.17) is 9.47 Å². The van der Waals surface area contributed by atoms with Crippen molar-refractivity contribution in [1.29, 1.82) is 0 Å². The van der Waals surface area contributed by atoms with Gasteiger partial charge in [0.25, 0.3) is 0 Å². The smallest absolute Gasteiger partial charge is 0.305 e. The number of hydrogen-bond acceptors (Lipinski definition) is 5. The molecule has 5 heteroatoms. The van der Waals surface area contributed by atoms with E-state index in [1.165, 1.54) is 44.9 Å². The Hall–Kier alpha value is -0.940. The van der Waals surface area contributed by atoms with Gasteiger partial charge in [-0.15, -0.1) is 0 Å². The number of aliphatic hydroxyl groups excluding tert-OH is 1. The number of ketones is 1. The molecule has 36 heavy (non-hydrogen) atoms. The topological polar surface area (TPSA) is 72.8 Å². The van der Waals surface area contributed by atoms with Crippen LogP contribution in [0.3, 0.4) is 0 Å². The van der Waals surface area contributed by atoms with Crippen LogP contribution in [0.2, 0.25) is 0 Å². The molecule has 1 aliphatic carbocycles. The number of Topliss-reactive ketones (excluding diaryl/α,β-unsaturated/α-hetero) is 1. The van der Waals surface area contributed by atoms with Crippen molar-refractivity contribution >= 4 is 11.8 Å². The Kier molecular flexibility index (Phi) is 20.3. The lowest BCUT2D eigenvalue weighted by atomic mass is 9.85. The molecule has 1 rings (SSSR count). The standard InChI is InChI=1S/C31H58O5/c1-4-6-8-9-10-11-14-18-24-36-31(34)21-17-13-12-16-20-27-28(30(35-3)25-29(27)33)23-22-26(32)19-15-7-5-2/h26-28,30,32H,4-25H2,1-3H3/t26?,27-,28-,30-/m1/s1. The molecule has 0 aromatic rings. The van der Waals surface area contributed by atoms with Crippen LogP contribution in [0.25, 0.3) is 0 Å². The van der Waals surface area contributed by atoms with Gasteiger partial charge in [-0.2, -0.15) is 0 Å². The Morgan fingerprint density at radius 3 is 2.14 bits per heavy atom. The molecule has 0 bridgehead atoms. The molecule has 1 fully saturated rings. The molecule has 1 unspecified atom stereocenters. The van der Waals surface area contributed by atoms with Gasteiger partial charge in [0, 0.05) is 25.9 Å². The average Bonchev–Trinajstić information content (AvgIpc) is 3.18. The number of aliphatic hydroxyl groups is 1. The highest BCUT2D eigenvalue weighted by molar-refractivity contribution is 5.84. The van der Waals surface area contributed by atoms with E-state index in [1.807, 2.05) is 0 Å². The average molecular weight is 511 g/mol. The minimum atomic E-state index is -0.263. The largest absolute Gasteiger partial charge is 0.466 e. The summed E-state index contributed by atoms with van der Waals surface area (Å²) in [5, 5.41) is 10.3. The van der Waals surface area contributed by atoms with Gasteiger partial charge in [0.2, 0.25) is 0 Å². The van der Waals surface area contributed by atoms with Crippen molar-refractivity contribution in [1.82, 2.24) is 0 Å². The molecule has 0 aromatic heterocycles. The molecule has 0 aliphatic heterocycles. The number of esters is 1. The van der Waals surface area contributed by atoms with Gasteiger partial charge in [0.05, 0.1) is 18.8 Å². The molecule has 0 radical (unpaired) electrons. The molecule has 212 valence electrons. The van der Waals surface area contributed by atoms with Crippen LogP contribution in [0.4, 0.5) is 0 Å². The minimum absolute atomic E-state index is 0.00108. The molecule has 1 N–H and O–H groups in total. The third-order valence-electron chi connectivity index (χ3n) is 7.99. The second kappa shape index (κ2) is 22.1. The quantitative estimate of drug-likeness (QED) is 0.105. The highest BCUT2D eigenvalue weighted by Gasteiger charge is 2.41. The summed E-state index contributed by atoms with van der Waals surface area (Å²) in [6, 6.07) is 0. The second-order valence-corrected chi connectivity index (χ2v) is 11.1. The van der Waals surface area contributed by atoms with E-state index in [1.54, 1.807) is 7.11 Å². The first-order valence-corrected chi connectivity index (χ1v) is 15.4. The SMILES string of the molecule is CCCCCCCCCCOC(=O)CCCCCC[C@H]1C(=O)C[C@@H](OC)[C@@H]1CCC(O)CCCCC. The van der Waals surface area contributed by atoms with E-state index in [0.717, 1.165) is 77.0 Å². The number of carbonyl (C=O) groups is 2. The molecule has 0 spiro atoms. The van der Waals surface area contributed by atoms with Crippen molar-refractivity contribution in [2.24, 2.45) is 11.8 Å². The molecule has 5 nitrogen and oxygen atoms in total. The van der Waals surface area contributed by atoms with E-state index in [2.05, 4.69) is 13.8 Å². The molecule has 0 heterocycles. The van der Waals surface area contributed by atoms with Crippen LogP contribution >= 0.6 is 0 Å². The summed E-state index contributed by atoms with van der Waals surface area (Å²) in [6.45, 7) is 4.98. The number of hydrogen-bond donors (Lipinski definition) is 1. The van der Waals surface area contributed by atoms with Crippen LogP contribution in [0.5, 0.6) is 0 Å². The predicted octanol–water partition coefficient (Wildman–Crippen LogP) is 7.95. The lowest BCUT2D eigenvalue weighted by Gasteiger charge is -2.24. The van der Waals surface area contributed by atoms with Crippen molar-refractivity contribution < 1.29 is 24.2 Å². The summed E-state index contributed by atoms with van der Waals surface area (Å²) in [5.41, 5.74) is 0. The third kappa shape index (κ3) is 15.3. The first-order chi connectivity index (χ1) is 17.5. The third-order valence-corrected chi connectivity index (χ3v) is 7.99. The van der Waals surface area contributed by atoms with Crippen LogP contribution in [-0.4, -0.2) is 42.8 Å². The normalized spacial score (nSPS) is 20.7. The van der Waals surface area contributed by atoms with E-state index in [0.29, 0.717) is 25.2 Å². The van der Waals surface area contributed by atoms with Crippen molar-refractivity contribution in [3.63, 3.8) is 0 Å².